The van der Waals surface area contributed by atoms with Crippen LogP contribution in [0, 0.1) is 0 Å². The van der Waals surface area contributed by atoms with E-state index in [9.17, 15) is 4.21 Å². The molecule has 1 nitrogen and oxygen atoms in total. The molecule has 0 amide bonds. The summed E-state index contributed by atoms with van der Waals surface area (Å²) >= 11 is 6.06. The summed E-state index contributed by atoms with van der Waals surface area (Å²) < 4.78 is 11.4. The maximum atomic E-state index is 11.4. The molecule has 1 unspecified atom stereocenters. The monoisotopic (exact) mass is 344 g/mol. The van der Waals surface area contributed by atoms with E-state index in [1.165, 1.54) is 0 Å². The summed E-state index contributed by atoms with van der Waals surface area (Å²) in [6.45, 7) is 0. The van der Waals surface area contributed by atoms with E-state index in [0.717, 1.165) is 19.6 Å². The molecule has 2 rings (SSSR count). The van der Waals surface area contributed by atoms with Gasteiger partial charge in [0, 0.05) is 56.1 Å². The first kappa shape index (κ1) is 16.0. The van der Waals surface area contributed by atoms with Crippen LogP contribution in [0.3, 0.4) is 0 Å². The van der Waals surface area contributed by atoms with Crippen molar-refractivity contribution in [3.05, 3.63) is 48.5 Å². The van der Waals surface area contributed by atoms with Crippen LogP contribution < -0.4 is 0 Å². The minimum atomic E-state index is -0.953. The van der Waals surface area contributed by atoms with Gasteiger partial charge in [-0.15, -0.1) is 12.6 Å². The Morgan fingerprint density at radius 1 is 1.11 bits per heavy atom. The molecule has 0 aliphatic heterocycles. The summed E-state index contributed by atoms with van der Waals surface area (Å²) in [6.07, 6.45) is 1.69. The summed E-state index contributed by atoms with van der Waals surface area (Å²) in [5.74, 6) is 0. The van der Waals surface area contributed by atoms with Gasteiger partial charge in [-0.05, 0) is 30.3 Å². The molecule has 0 aliphatic rings. The van der Waals surface area contributed by atoms with Crippen LogP contribution >= 0.6 is 24.4 Å². The van der Waals surface area contributed by atoms with E-state index in [0.29, 0.717) is 0 Å². The van der Waals surface area contributed by atoms with E-state index in [-0.39, 0.29) is 19.5 Å². The van der Waals surface area contributed by atoms with Crippen LogP contribution in [-0.4, -0.2) is 10.5 Å². The van der Waals surface area contributed by atoms with E-state index >= 15 is 0 Å². The second kappa shape index (κ2) is 7.49. The SMILES string of the molecule is CS(=O)c1ccc(S)c(Sc2ccccc2)c1.[Zn]. The molecule has 0 spiro atoms. The van der Waals surface area contributed by atoms with Gasteiger partial charge in [0.05, 0.1) is 0 Å². The van der Waals surface area contributed by atoms with Gasteiger partial charge in [-0.1, -0.05) is 30.0 Å². The Bertz CT molecular complexity index is 543. The molecule has 0 aliphatic carbocycles. The average molecular weight is 346 g/mol. The van der Waals surface area contributed by atoms with Gasteiger partial charge in [0.1, 0.15) is 0 Å². The van der Waals surface area contributed by atoms with Gasteiger partial charge < -0.3 is 0 Å². The maximum absolute atomic E-state index is 11.4. The zero-order valence-corrected chi connectivity index (χ0v) is 15.5. The third kappa shape index (κ3) is 4.23. The molecule has 0 N–H and O–H groups in total. The van der Waals surface area contributed by atoms with E-state index in [1.54, 1.807) is 18.0 Å². The van der Waals surface area contributed by atoms with Crippen molar-refractivity contribution in [3.8, 4) is 0 Å². The number of hydrogen-bond donors (Lipinski definition) is 1. The van der Waals surface area contributed by atoms with Crippen LogP contribution in [-0.2, 0) is 30.3 Å². The summed E-state index contributed by atoms with van der Waals surface area (Å²) in [6, 6.07) is 15.8. The fourth-order valence-electron chi connectivity index (χ4n) is 1.37. The standard InChI is InChI=1S/C13H12OS3.Zn/c1-17(14)11-7-8-12(15)13(9-11)16-10-5-3-2-4-6-10;/h2-9,15H,1H3;. The fraction of sp³-hybridized carbons (Fsp3) is 0.0769. The quantitative estimate of drug-likeness (QED) is 0.672. The van der Waals surface area contributed by atoms with Gasteiger partial charge >= 0.3 is 0 Å². The van der Waals surface area contributed by atoms with Crippen LogP contribution in [0.25, 0.3) is 0 Å². The van der Waals surface area contributed by atoms with Crippen LogP contribution in [0.4, 0.5) is 0 Å². The molecule has 18 heavy (non-hydrogen) atoms. The van der Waals surface area contributed by atoms with Crippen LogP contribution in [0.15, 0.2) is 68.1 Å². The molecule has 5 heteroatoms. The normalized spacial score (nSPS) is 11.7. The average Bonchev–Trinajstić information content (AvgIpc) is 2.33. The van der Waals surface area contributed by atoms with Crippen molar-refractivity contribution in [2.75, 3.05) is 6.26 Å². The second-order valence-electron chi connectivity index (χ2n) is 3.50. The molecule has 2 aromatic rings. The molecular formula is C13H12OS3Zn. The summed E-state index contributed by atoms with van der Waals surface area (Å²) in [5.41, 5.74) is 0. The zero-order chi connectivity index (χ0) is 12.3. The van der Waals surface area contributed by atoms with Crippen molar-refractivity contribution in [1.29, 1.82) is 0 Å². The molecular weight excluding hydrogens is 334 g/mol. The van der Waals surface area contributed by atoms with E-state index < -0.39 is 10.8 Å². The fourth-order valence-corrected chi connectivity index (χ4v) is 3.17. The summed E-state index contributed by atoms with van der Waals surface area (Å²) in [5, 5.41) is 0. The molecule has 0 bridgehead atoms. The van der Waals surface area contributed by atoms with Crippen molar-refractivity contribution >= 4 is 35.2 Å². The van der Waals surface area contributed by atoms with Crippen LogP contribution in [0.1, 0.15) is 0 Å². The van der Waals surface area contributed by atoms with Crippen molar-refractivity contribution in [3.63, 3.8) is 0 Å². The van der Waals surface area contributed by atoms with Crippen molar-refractivity contribution in [1.82, 2.24) is 0 Å². The van der Waals surface area contributed by atoms with Crippen molar-refractivity contribution in [2.24, 2.45) is 0 Å². The first-order chi connectivity index (χ1) is 8.16. The maximum Gasteiger partial charge on any atom is 0.0498 e. The Morgan fingerprint density at radius 2 is 1.78 bits per heavy atom. The minimum absolute atomic E-state index is 0. The minimum Gasteiger partial charge on any atom is -0.255 e. The smallest absolute Gasteiger partial charge is 0.0498 e. The molecule has 0 heterocycles. The molecule has 0 aromatic heterocycles. The van der Waals surface area contributed by atoms with E-state index in [2.05, 4.69) is 12.6 Å². The Hall–Kier alpha value is -0.0866. The largest absolute Gasteiger partial charge is 0.255 e. The van der Waals surface area contributed by atoms with Gasteiger partial charge in [-0.25, -0.2) is 0 Å². The van der Waals surface area contributed by atoms with Gasteiger partial charge in [0.15, 0.2) is 0 Å². The van der Waals surface area contributed by atoms with Crippen LogP contribution in [0.2, 0.25) is 0 Å². The van der Waals surface area contributed by atoms with Gasteiger partial charge in [0.25, 0.3) is 0 Å². The van der Waals surface area contributed by atoms with Crippen LogP contribution in [0.5, 0.6) is 0 Å². The number of hydrogen-bond acceptors (Lipinski definition) is 3. The number of benzene rings is 2. The van der Waals surface area contributed by atoms with Gasteiger partial charge in [-0.2, -0.15) is 0 Å². The van der Waals surface area contributed by atoms with Crippen molar-refractivity contribution in [2.45, 2.75) is 19.6 Å². The van der Waals surface area contributed by atoms with E-state index in [4.69, 9.17) is 0 Å². The molecule has 90 valence electrons. The third-order valence-electron chi connectivity index (χ3n) is 2.23. The zero-order valence-electron chi connectivity index (χ0n) is 10.00. The van der Waals surface area contributed by atoms with E-state index in [1.807, 2.05) is 48.5 Å². The number of thiol groups is 1. The molecule has 2 aromatic carbocycles. The molecule has 0 fully saturated rings. The molecule has 0 saturated carbocycles. The summed E-state index contributed by atoms with van der Waals surface area (Å²) in [4.78, 5) is 3.93. The third-order valence-corrected chi connectivity index (χ3v) is 4.76. The Kier molecular flexibility index (Phi) is 6.64. The molecule has 1 atom stereocenters. The first-order valence-corrected chi connectivity index (χ1v) is 7.88. The Morgan fingerprint density at radius 3 is 2.39 bits per heavy atom. The predicted molar refractivity (Wildman–Crippen MR) is 76.6 cm³/mol. The second-order valence-corrected chi connectivity index (χ2v) is 6.48. The summed E-state index contributed by atoms with van der Waals surface area (Å²) in [7, 11) is -0.953. The van der Waals surface area contributed by atoms with Gasteiger partial charge in [-0.3, -0.25) is 4.21 Å². The van der Waals surface area contributed by atoms with Gasteiger partial charge in [0.2, 0.25) is 0 Å². The predicted octanol–water partition coefficient (Wildman–Crippen LogP) is 3.86. The molecule has 0 radical (unpaired) electrons. The number of rotatable bonds is 3. The Balaban J connectivity index is 0.00000162. The topological polar surface area (TPSA) is 17.1 Å². The van der Waals surface area contributed by atoms with Crippen molar-refractivity contribution < 1.29 is 23.7 Å². The first-order valence-electron chi connectivity index (χ1n) is 5.06. The molecule has 0 saturated heterocycles. The Labute approximate surface area is 132 Å².